The standard InChI is InChI=1S/C15H17BrO4/c1-10(16)8-15(14(18)19-2)9-11(17)5-6-12(15)13-4-3-7-20-13/h3-4,7,12H,1,5-6,8-9H2,2H3/t12-,15-/m0/s1. The number of halogens is 1. The number of carbonyl (C=O) groups is 2. The Hall–Kier alpha value is -1.36. The maximum Gasteiger partial charge on any atom is 0.313 e. The lowest BCUT2D eigenvalue weighted by Gasteiger charge is -2.40. The minimum Gasteiger partial charge on any atom is -0.469 e. The zero-order valence-corrected chi connectivity index (χ0v) is 12.9. The molecule has 1 aromatic heterocycles. The minimum absolute atomic E-state index is 0.0759. The van der Waals surface area contributed by atoms with Gasteiger partial charge in [-0.2, -0.15) is 0 Å². The number of ether oxygens (including phenoxy) is 1. The maximum atomic E-state index is 12.4. The number of allylic oxidation sites excluding steroid dienone is 1. The summed E-state index contributed by atoms with van der Waals surface area (Å²) in [4.78, 5) is 24.3. The molecule has 108 valence electrons. The number of hydrogen-bond acceptors (Lipinski definition) is 4. The van der Waals surface area contributed by atoms with Crippen LogP contribution in [0.15, 0.2) is 33.9 Å². The highest BCUT2D eigenvalue weighted by Crippen LogP contribution is 2.51. The molecule has 1 aliphatic rings. The number of Topliss-reactive ketones (excluding diaryl/α,β-unsaturated/α-hetero) is 1. The highest BCUT2D eigenvalue weighted by Gasteiger charge is 2.52. The smallest absolute Gasteiger partial charge is 0.313 e. The van der Waals surface area contributed by atoms with Gasteiger partial charge in [0.1, 0.15) is 11.5 Å². The van der Waals surface area contributed by atoms with Crippen LogP contribution in [0.5, 0.6) is 0 Å². The zero-order valence-electron chi connectivity index (χ0n) is 11.4. The molecule has 1 saturated carbocycles. The topological polar surface area (TPSA) is 56.5 Å². The molecule has 0 radical (unpaired) electrons. The van der Waals surface area contributed by atoms with Crippen LogP contribution in [0.25, 0.3) is 0 Å². The fourth-order valence-corrected chi connectivity index (χ4v) is 3.57. The molecule has 2 atom stereocenters. The first-order valence-corrected chi connectivity index (χ1v) is 7.25. The molecule has 4 nitrogen and oxygen atoms in total. The summed E-state index contributed by atoms with van der Waals surface area (Å²) in [5.41, 5.74) is -0.928. The van der Waals surface area contributed by atoms with Crippen molar-refractivity contribution in [2.24, 2.45) is 5.41 Å². The predicted octanol–water partition coefficient (Wildman–Crippen LogP) is 3.57. The van der Waals surface area contributed by atoms with Gasteiger partial charge in [0.15, 0.2) is 0 Å². The lowest BCUT2D eigenvalue weighted by Crippen LogP contribution is -2.43. The number of furan rings is 1. The van der Waals surface area contributed by atoms with E-state index in [1.165, 1.54) is 7.11 Å². The molecule has 1 aromatic rings. The van der Waals surface area contributed by atoms with E-state index in [4.69, 9.17) is 9.15 Å². The van der Waals surface area contributed by atoms with Crippen molar-refractivity contribution < 1.29 is 18.7 Å². The lowest BCUT2D eigenvalue weighted by molar-refractivity contribution is -0.159. The molecule has 2 rings (SSSR count). The minimum atomic E-state index is -0.928. The molecule has 0 amide bonds. The van der Waals surface area contributed by atoms with E-state index in [0.717, 1.165) is 5.76 Å². The normalized spacial score (nSPS) is 26.3. The molecular formula is C15H17BrO4. The summed E-state index contributed by atoms with van der Waals surface area (Å²) >= 11 is 3.31. The number of rotatable bonds is 4. The molecule has 5 heteroatoms. The Balaban J connectivity index is 2.47. The molecule has 0 spiro atoms. The Morgan fingerprint density at radius 2 is 2.40 bits per heavy atom. The van der Waals surface area contributed by atoms with Crippen molar-refractivity contribution in [3.8, 4) is 0 Å². The molecule has 0 saturated heterocycles. The van der Waals surface area contributed by atoms with Crippen molar-refractivity contribution in [1.82, 2.24) is 0 Å². The van der Waals surface area contributed by atoms with Gasteiger partial charge in [0.25, 0.3) is 0 Å². The highest BCUT2D eigenvalue weighted by atomic mass is 79.9. The van der Waals surface area contributed by atoms with Crippen LogP contribution >= 0.6 is 15.9 Å². The van der Waals surface area contributed by atoms with E-state index in [0.29, 0.717) is 23.7 Å². The van der Waals surface area contributed by atoms with Crippen molar-refractivity contribution in [3.63, 3.8) is 0 Å². The van der Waals surface area contributed by atoms with Gasteiger partial charge in [-0.3, -0.25) is 9.59 Å². The van der Waals surface area contributed by atoms with Gasteiger partial charge < -0.3 is 9.15 Å². The van der Waals surface area contributed by atoms with E-state index in [-0.39, 0.29) is 24.1 Å². The number of ketones is 1. The van der Waals surface area contributed by atoms with E-state index in [9.17, 15) is 9.59 Å². The molecule has 1 fully saturated rings. The maximum absolute atomic E-state index is 12.4. The third kappa shape index (κ3) is 2.73. The van der Waals surface area contributed by atoms with Crippen molar-refractivity contribution in [2.45, 2.75) is 31.6 Å². The summed E-state index contributed by atoms with van der Waals surface area (Å²) in [6, 6.07) is 3.63. The Labute approximate surface area is 126 Å². The first kappa shape index (κ1) is 15.0. The molecule has 0 N–H and O–H groups in total. The number of hydrogen-bond donors (Lipinski definition) is 0. The van der Waals surface area contributed by atoms with Gasteiger partial charge in [0.05, 0.1) is 18.8 Å². The largest absolute Gasteiger partial charge is 0.469 e. The second-order valence-electron chi connectivity index (χ2n) is 5.16. The molecule has 0 unspecified atom stereocenters. The van der Waals surface area contributed by atoms with E-state index in [1.807, 2.05) is 6.07 Å². The van der Waals surface area contributed by atoms with Crippen molar-refractivity contribution in [2.75, 3.05) is 7.11 Å². The van der Waals surface area contributed by atoms with Gasteiger partial charge >= 0.3 is 5.97 Å². The van der Waals surface area contributed by atoms with Crippen LogP contribution in [0.4, 0.5) is 0 Å². The quantitative estimate of drug-likeness (QED) is 0.786. The molecule has 20 heavy (non-hydrogen) atoms. The molecule has 1 aliphatic carbocycles. The molecule has 0 aromatic carbocycles. The molecular weight excluding hydrogens is 324 g/mol. The summed E-state index contributed by atoms with van der Waals surface area (Å²) in [6.07, 6.45) is 3.14. The third-order valence-electron chi connectivity index (χ3n) is 3.88. The van der Waals surface area contributed by atoms with E-state index in [2.05, 4.69) is 22.5 Å². The Bertz CT molecular complexity index is 516. The van der Waals surface area contributed by atoms with Gasteiger partial charge in [-0.05, 0) is 29.5 Å². The van der Waals surface area contributed by atoms with E-state index >= 15 is 0 Å². The summed E-state index contributed by atoms with van der Waals surface area (Å²) in [7, 11) is 1.35. The van der Waals surface area contributed by atoms with Gasteiger partial charge in [-0.15, -0.1) is 0 Å². The Kier molecular flexibility index (Phi) is 4.48. The van der Waals surface area contributed by atoms with Crippen LogP contribution < -0.4 is 0 Å². The SMILES string of the molecule is C=C(Br)C[C@]1(C(=O)OC)CC(=O)CC[C@H]1c1ccco1. The first-order chi connectivity index (χ1) is 9.49. The summed E-state index contributed by atoms with van der Waals surface area (Å²) < 4.78 is 11.1. The highest BCUT2D eigenvalue weighted by molar-refractivity contribution is 9.11. The van der Waals surface area contributed by atoms with Crippen molar-refractivity contribution in [3.05, 3.63) is 35.2 Å². The molecule has 1 heterocycles. The van der Waals surface area contributed by atoms with Gasteiger partial charge in [-0.25, -0.2) is 0 Å². The number of methoxy groups -OCH3 is 1. The summed E-state index contributed by atoms with van der Waals surface area (Å²) in [5, 5.41) is 0. The Morgan fingerprint density at radius 1 is 1.65 bits per heavy atom. The van der Waals surface area contributed by atoms with Crippen LogP contribution in [-0.2, 0) is 14.3 Å². The Morgan fingerprint density at radius 3 is 2.95 bits per heavy atom. The van der Waals surface area contributed by atoms with Crippen molar-refractivity contribution >= 4 is 27.7 Å². The second kappa shape index (κ2) is 5.95. The number of esters is 1. The van der Waals surface area contributed by atoms with Crippen LogP contribution in [0, 0.1) is 5.41 Å². The second-order valence-corrected chi connectivity index (χ2v) is 6.29. The van der Waals surface area contributed by atoms with Crippen LogP contribution in [-0.4, -0.2) is 18.9 Å². The van der Waals surface area contributed by atoms with Gasteiger partial charge in [-0.1, -0.05) is 22.5 Å². The average molecular weight is 341 g/mol. The fourth-order valence-electron chi connectivity index (χ4n) is 3.07. The predicted molar refractivity (Wildman–Crippen MR) is 77.4 cm³/mol. The summed E-state index contributed by atoms with van der Waals surface area (Å²) in [5.74, 6) is 0.244. The number of carbonyl (C=O) groups excluding carboxylic acids is 2. The monoisotopic (exact) mass is 340 g/mol. The first-order valence-electron chi connectivity index (χ1n) is 6.46. The van der Waals surface area contributed by atoms with Gasteiger partial charge in [0.2, 0.25) is 0 Å². The fraction of sp³-hybridized carbons (Fsp3) is 0.467. The van der Waals surface area contributed by atoms with Crippen LogP contribution in [0.3, 0.4) is 0 Å². The van der Waals surface area contributed by atoms with E-state index in [1.54, 1.807) is 12.3 Å². The lowest BCUT2D eigenvalue weighted by atomic mass is 9.63. The summed E-state index contributed by atoms with van der Waals surface area (Å²) in [6.45, 7) is 3.82. The van der Waals surface area contributed by atoms with Crippen LogP contribution in [0.1, 0.15) is 37.4 Å². The molecule has 0 aliphatic heterocycles. The third-order valence-corrected chi connectivity index (χ3v) is 4.16. The molecule has 0 bridgehead atoms. The van der Waals surface area contributed by atoms with E-state index < -0.39 is 5.41 Å². The zero-order chi connectivity index (χ0) is 14.8. The van der Waals surface area contributed by atoms with Crippen LogP contribution in [0.2, 0.25) is 0 Å². The van der Waals surface area contributed by atoms with Crippen molar-refractivity contribution in [1.29, 1.82) is 0 Å². The van der Waals surface area contributed by atoms with Gasteiger partial charge in [0, 0.05) is 18.8 Å². The average Bonchev–Trinajstić information content (AvgIpc) is 2.90.